The van der Waals surface area contributed by atoms with Crippen molar-refractivity contribution in [1.82, 2.24) is 4.90 Å². The molecule has 0 bridgehead atoms. The van der Waals surface area contributed by atoms with Crippen molar-refractivity contribution < 1.29 is 14.3 Å². The maximum atomic E-state index is 13.1. The Hall–Kier alpha value is -1.84. The number of amides is 1. The predicted molar refractivity (Wildman–Crippen MR) is 83.9 cm³/mol. The topological polar surface area (TPSA) is 46.6 Å². The fraction of sp³-hybridized carbons (Fsp3) is 0.556. The first kappa shape index (κ1) is 15.1. The minimum Gasteiger partial charge on any atom is -0.493 e. The molecule has 0 aromatic heterocycles. The van der Waals surface area contributed by atoms with E-state index in [0.29, 0.717) is 26.0 Å². The molecule has 0 saturated carbocycles. The summed E-state index contributed by atoms with van der Waals surface area (Å²) in [5.41, 5.74) is 0.965. The van der Waals surface area contributed by atoms with Gasteiger partial charge in [-0.25, -0.2) is 0 Å². The Balaban J connectivity index is 1.85. The molecule has 1 aromatic carbocycles. The number of ketones is 1. The number of likely N-dealkylation sites (tertiary alicyclic amines) is 1. The molecule has 1 saturated heterocycles. The van der Waals surface area contributed by atoms with Crippen LogP contribution >= 0.6 is 0 Å². The molecule has 2 atom stereocenters. The van der Waals surface area contributed by atoms with Gasteiger partial charge in [0.25, 0.3) is 0 Å². The van der Waals surface area contributed by atoms with Crippen LogP contribution in [0.4, 0.5) is 0 Å². The summed E-state index contributed by atoms with van der Waals surface area (Å²) < 4.78 is 5.65. The van der Waals surface area contributed by atoms with Gasteiger partial charge in [0, 0.05) is 18.5 Å². The summed E-state index contributed by atoms with van der Waals surface area (Å²) in [5, 5.41) is 0. The summed E-state index contributed by atoms with van der Waals surface area (Å²) in [6, 6.07) is 7.53. The quantitative estimate of drug-likeness (QED) is 0.862. The highest BCUT2D eigenvalue weighted by Crippen LogP contribution is 2.36. The number of carbonyl (C=O) groups is 2. The second kappa shape index (κ2) is 6.51. The van der Waals surface area contributed by atoms with Gasteiger partial charge >= 0.3 is 0 Å². The number of hydrogen-bond donors (Lipinski definition) is 0. The molecule has 1 amide bonds. The number of piperidine rings is 1. The van der Waals surface area contributed by atoms with Gasteiger partial charge in [0.1, 0.15) is 5.75 Å². The smallest absolute Gasteiger partial charge is 0.231 e. The lowest BCUT2D eigenvalue weighted by Crippen LogP contribution is -2.50. The summed E-state index contributed by atoms with van der Waals surface area (Å²) >= 11 is 0. The fourth-order valence-corrected chi connectivity index (χ4v) is 3.56. The van der Waals surface area contributed by atoms with Crippen LogP contribution in [-0.2, 0) is 9.59 Å². The lowest BCUT2D eigenvalue weighted by Gasteiger charge is -2.38. The lowest BCUT2D eigenvalue weighted by atomic mass is 9.89. The van der Waals surface area contributed by atoms with Crippen molar-refractivity contribution in [2.24, 2.45) is 0 Å². The van der Waals surface area contributed by atoms with Crippen molar-refractivity contribution >= 4 is 11.7 Å². The van der Waals surface area contributed by atoms with Crippen molar-refractivity contribution in [3.63, 3.8) is 0 Å². The van der Waals surface area contributed by atoms with E-state index < -0.39 is 0 Å². The van der Waals surface area contributed by atoms with Gasteiger partial charge in [-0.1, -0.05) is 25.1 Å². The Morgan fingerprint density at radius 1 is 1.23 bits per heavy atom. The Labute approximate surface area is 131 Å². The largest absolute Gasteiger partial charge is 0.493 e. The molecule has 2 unspecified atom stereocenters. The monoisotopic (exact) mass is 301 g/mol. The third-order valence-corrected chi connectivity index (χ3v) is 4.76. The average Bonchev–Trinajstić information content (AvgIpc) is 2.60. The third-order valence-electron chi connectivity index (χ3n) is 4.76. The number of benzene rings is 1. The minimum atomic E-state index is -0.221. The summed E-state index contributed by atoms with van der Waals surface area (Å²) in [6.45, 7) is 3.14. The third kappa shape index (κ3) is 2.74. The first-order valence-electron chi connectivity index (χ1n) is 8.27. The molecule has 0 spiro atoms. The Morgan fingerprint density at radius 3 is 2.86 bits per heavy atom. The number of para-hydroxylation sites is 1. The number of hydrogen-bond acceptors (Lipinski definition) is 3. The molecule has 3 rings (SSSR count). The molecule has 4 heteroatoms. The van der Waals surface area contributed by atoms with E-state index in [0.717, 1.165) is 30.6 Å². The first-order chi connectivity index (χ1) is 10.7. The molecule has 22 heavy (non-hydrogen) atoms. The molecule has 0 aliphatic carbocycles. The van der Waals surface area contributed by atoms with E-state index in [1.54, 1.807) is 0 Å². The van der Waals surface area contributed by atoms with Gasteiger partial charge in [0.15, 0.2) is 5.78 Å². The summed E-state index contributed by atoms with van der Waals surface area (Å²) in [6.07, 6.45) is 4.02. The van der Waals surface area contributed by atoms with E-state index >= 15 is 0 Å². The van der Waals surface area contributed by atoms with E-state index in [-0.39, 0.29) is 23.7 Å². The number of carbonyl (C=O) groups excluding carboxylic acids is 2. The van der Waals surface area contributed by atoms with Crippen LogP contribution < -0.4 is 4.74 Å². The van der Waals surface area contributed by atoms with Crippen LogP contribution in [-0.4, -0.2) is 35.8 Å². The van der Waals surface area contributed by atoms with Crippen LogP contribution in [0.1, 0.15) is 50.5 Å². The number of fused-ring (bicyclic) bond motifs is 1. The highest BCUT2D eigenvalue weighted by molar-refractivity contribution is 5.92. The van der Waals surface area contributed by atoms with Crippen molar-refractivity contribution in [3.05, 3.63) is 29.8 Å². The van der Waals surface area contributed by atoms with Crippen LogP contribution in [0.2, 0.25) is 0 Å². The number of nitrogens with zero attached hydrogens (tertiary/aromatic N) is 1. The normalized spacial score (nSPS) is 24.3. The first-order valence-corrected chi connectivity index (χ1v) is 8.27. The van der Waals surface area contributed by atoms with E-state index in [9.17, 15) is 9.59 Å². The molecule has 2 aliphatic rings. The number of rotatable bonds is 3. The molecule has 4 nitrogen and oxygen atoms in total. The molecule has 0 radical (unpaired) electrons. The predicted octanol–water partition coefficient (Wildman–Crippen LogP) is 2.91. The van der Waals surface area contributed by atoms with Gasteiger partial charge in [-0.05, 0) is 31.7 Å². The Kier molecular flexibility index (Phi) is 4.46. The van der Waals surface area contributed by atoms with Gasteiger partial charge in [0.2, 0.25) is 5.91 Å². The second-order valence-corrected chi connectivity index (χ2v) is 6.09. The van der Waals surface area contributed by atoms with E-state index in [4.69, 9.17) is 4.74 Å². The molecule has 0 N–H and O–H groups in total. The van der Waals surface area contributed by atoms with Gasteiger partial charge in [-0.3, -0.25) is 9.59 Å². The maximum absolute atomic E-state index is 13.1. The molecule has 2 aliphatic heterocycles. The zero-order chi connectivity index (χ0) is 15.5. The summed E-state index contributed by atoms with van der Waals surface area (Å²) in [5.74, 6) is 0.924. The Morgan fingerprint density at radius 2 is 2.05 bits per heavy atom. The van der Waals surface area contributed by atoms with Crippen LogP contribution in [0.3, 0.4) is 0 Å². The van der Waals surface area contributed by atoms with Crippen molar-refractivity contribution in [1.29, 1.82) is 0 Å². The van der Waals surface area contributed by atoms with Crippen LogP contribution in [0.25, 0.3) is 0 Å². The highest BCUT2D eigenvalue weighted by atomic mass is 16.5. The molecular formula is C18H23NO3. The van der Waals surface area contributed by atoms with Crippen LogP contribution in [0, 0.1) is 0 Å². The SMILES string of the molecule is CCC(=O)C1CCCCN1C(=O)C1CCOc2ccccc21. The lowest BCUT2D eigenvalue weighted by molar-refractivity contribution is -0.143. The van der Waals surface area contributed by atoms with Crippen LogP contribution in [0.5, 0.6) is 5.75 Å². The fourth-order valence-electron chi connectivity index (χ4n) is 3.56. The average molecular weight is 301 g/mol. The molecule has 118 valence electrons. The van der Waals surface area contributed by atoms with E-state index in [1.807, 2.05) is 36.1 Å². The summed E-state index contributed by atoms with van der Waals surface area (Å²) in [4.78, 5) is 27.1. The zero-order valence-corrected chi connectivity index (χ0v) is 13.1. The highest BCUT2D eigenvalue weighted by Gasteiger charge is 2.37. The maximum Gasteiger partial charge on any atom is 0.231 e. The van der Waals surface area contributed by atoms with Gasteiger partial charge in [-0.2, -0.15) is 0 Å². The van der Waals surface area contributed by atoms with Gasteiger partial charge < -0.3 is 9.64 Å². The van der Waals surface area contributed by atoms with E-state index in [1.165, 1.54) is 0 Å². The molecular weight excluding hydrogens is 278 g/mol. The van der Waals surface area contributed by atoms with Crippen molar-refractivity contribution in [2.75, 3.05) is 13.2 Å². The minimum absolute atomic E-state index is 0.0993. The molecule has 1 fully saturated rings. The van der Waals surface area contributed by atoms with Crippen molar-refractivity contribution in [3.8, 4) is 5.75 Å². The zero-order valence-electron chi connectivity index (χ0n) is 13.1. The summed E-state index contributed by atoms with van der Waals surface area (Å²) in [7, 11) is 0. The standard InChI is InChI=1S/C18H23NO3/c1-2-16(20)15-8-5-6-11-19(15)18(21)14-10-12-22-17-9-4-3-7-13(14)17/h3-4,7,9,14-15H,2,5-6,8,10-12H2,1H3. The number of Topliss-reactive ketones (excluding diaryl/α,β-unsaturated/α-hetero) is 1. The molecule has 2 heterocycles. The van der Waals surface area contributed by atoms with Gasteiger partial charge in [-0.15, -0.1) is 0 Å². The van der Waals surface area contributed by atoms with Crippen molar-refractivity contribution in [2.45, 2.75) is 51.0 Å². The van der Waals surface area contributed by atoms with E-state index in [2.05, 4.69) is 0 Å². The van der Waals surface area contributed by atoms with Gasteiger partial charge in [0.05, 0.1) is 18.6 Å². The Bertz CT molecular complexity index is 569. The van der Waals surface area contributed by atoms with Crippen LogP contribution in [0.15, 0.2) is 24.3 Å². The molecule has 1 aromatic rings. The second-order valence-electron chi connectivity index (χ2n) is 6.09. The number of ether oxygens (including phenoxy) is 1.